The lowest BCUT2D eigenvalue weighted by atomic mass is 9.96. The molecule has 0 radical (unpaired) electrons. The van der Waals surface area contributed by atoms with Gasteiger partial charge in [0.1, 0.15) is 12.2 Å². The Labute approximate surface area is 154 Å². The van der Waals surface area contributed by atoms with E-state index < -0.39 is 0 Å². The normalized spacial score (nSPS) is 31.2. The molecule has 0 saturated carbocycles. The van der Waals surface area contributed by atoms with Gasteiger partial charge in [0.2, 0.25) is 0 Å². The van der Waals surface area contributed by atoms with Gasteiger partial charge in [0.05, 0.1) is 25.4 Å². The van der Waals surface area contributed by atoms with Crippen molar-refractivity contribution in [3.05, 3.63) is 84.4 Å². The molecule has 26 heavy (non-hydrogen) atoms. The Morgan fingerprint density at radius 1 is 1.00 bits per heavy atom. The summed E-state index contributed by atoms with van der Waals surface area (Å²) in [6.45, 7) is 4.92. The third-order valence-corrected chi connectivity index (χ3v) is 4.88. The van der Waals surface area contributed by atoms with Crippen molar-refractivity contribution in [1.82, 2.24) is 0 Å². The first kappa shape index (κ1) is 17.4. The van der Waals surface area contributed by atoms with Gasteiger partial charge in [-0.1, -0.05) is 66.7 Å². The van der Waals surface area contributed by atoms with E-state index in [0.29, 0.717) is 13.2 Å². The van der Waals surface area contributed by atoms with E-state index in [4.69, 9.17) is 18.9 Å². The van der Waals surface area contributed by atoms with Crippen LogP contribution < -0.4 is 0 Å². The molecule has 4 nitrogen and oxygen atoms in total. The second kappa shape index (κ2) is 8.14. The molecule has 2 aromatic carbocycles. The quantitative estimate of drug-likeness (QED) is 0.762. The van der Waals surface area contributed by atoms with Crippen LogP contribution in [-0.4, -0.2) is 31.0 Å². The minimum Gasteiger partial charge on any atom is -0.371 e. The predicted molar refractivity (Wildman–Crippen MR) is 98.5 cm³/mol. The summed E-state index contributed by atoms with van der Waals surface area (Å²) in [5.41, 5.74) is 2.16. The van der Waals surface area contributed by atoms with Gasteiger partial charge in [0, 0.05) is 12.0 Å². The molecule has 136 valence electrons. The first-order valence-corrected chi connectivity index (χ1v) is 9.09. The van der Waals surface area contributed by atoms with E-state index in [9.17, 15) is 0 Å². The summed E-state index contributed by atoms with van der Waals surface area (Å²) in [5.74, 6) is 0. The monoisotopic (exact) mass is 352 g/mol. The van der Waals surface area contributed by atoms with E-state index in [2.05, 4.69) is 18.7 Å². The molecule has 0 aliphatic carbocycles. The van der Waals surface area contributed by atoms with Crippen LogP contribution in [-0.2, 0) is 25.6 Å². The van der Waals surface area contributed by atoms with E-state index in [-0.39, 0.29) is 30.7 Å². The minimum absolute atomic E-state index is 0.0440. The van der Waals surface area contributed by atoms with Crippen LogP contribution in [0.25, 0.3) is 0 Å². The largest absolute Gasteiger partial charge is 0.371 e. The molecule has 2 saturated heterocycles. The highest BCUT2D eigenvalue weighted by Crippen LogP contribution is 2.35. The Hall–Kier alpha value is -1.98. The molecule has 4 heteroatoms. The standard InChI is InChI=1S/C22H24O4/c1-2-18-13-19(23-14-16-9-5-3-6-10-16)21-20(25-18)15-24-22(26-21)17-11-7-4-8-12-17/h2-12,18-22H,1,13-15H2/t18-,19+,20+,21-,22?/m0/s1. The summed E-state index contributed by atoms with van der Waals surface area (Å²) < 4.78 is 24.5. The Kier molecular flexibility index (Phi) is 5.46. The van der Waals surface area contributed by atoms with Crippen molar-refractivity contribution in [3.63, 3.8) is 0 Å². The molecule has 2 heterocycles. The average Bonchev–Trinajstić information content (AvgIpc) is 2.72. The number of fused-ring (bicyclic) bond motifs is 1. The summed E-state index contributed by atoms with van der Waals surface area (Å²) in [4.78, 5) is 0. The van der Waals surface area contributed by atoms with Crippen molar-refractivity contribution in [3.8, 4) is 0 Å². The topological polar surface area (TPSA) is 36.9 Å². The van der Waals surface area contributed by atoms with Gasteiger partial charge in [-0.15, -0.1) is 6.58 Å². The van der Waals surface area contributed by atoms with Gasteiger partial charge in [-0.3, -0.25) is 0 Å². The number of ether oxygens (including phenoxy) is 4. The SMILES string of the molecule is C=C[C@H]1C[C@@H](OCc2ccccc2)[C@@H]2OC(c3ccccc3)OC[C@H]2O1. The maximum Gasteiger partial charge on any atom is 0.184 e. The van der Waals surface area contributed by atoms with Crippen LogP contribution in [0.4, 0.5) is 0 Å². The molecule has 2 aliphatic rings. The molecule has 5 atom stereocenters. The van der Waals surface area contributed by atoms with Crippen molar-refractivity contribution in [2.24, 2.45) is 0 Å². The van der Waals surface area contributed by atoms with E-state index in [0.717, 1.165) is 17.5 Å². The Morgan fingerprint density at radius 3 is 2.46 bits per heavy atom. The maximum absolute atomic E-state index is 6.26. The van der Waals surface area contributed by atoms with Crippen LogP contribution in [0.2, 0.25) is 0 Å². The van der Waals surface area contributed by atoms with Crippen molar-refractivity contribution < 1.29 is 18.9 Å². The van der Waals surface area contributed by atoms with Crippen LogP contribution in [0, 0.1) is 0 Å². The molecule has 0 spiro atoms. The van der Waals surface area contributed by atoms with Crippen LogP contribution in [0.3, 0.4) is 0 Å². The molecule has 4 rings (SSSR count). The lowest BCUT2D eigenvalue weighted by Gasteiger charge is -2.45. The molecule has 2 aliphatic heterocycles. The highest BCUT2D eigenvalue weighted by Gasteiger charge is 2.44. The summed E-state index contributed by atoms with van der Waals surface area (Å²) in [6, 6.07) is 20.2. The number of hydrogen-bond acceptors (Lipinski definition) is 4. The number of hydrogen-bond donors (Lipinski definition) is 0. The fourth-order valence-electron chi connectivity index (χ4n) is 3.51. The van der Waals surface area contributed by atoms with Gasteiger partial charge >= 0.3 is 0 Å². The highest BCUT2D eigenvalue weighted by atomic mass is 16.7. The molecular weight excluding hydrogens is 328 g/mol. The molecule has 0 amide bonds. The molecule has 2 fully saturated rings. The van der Waals surface area contributed by atoms with Gasteiger partial charge in [0.25, 0.3) is 0 Å². The van der Waals surface area contributed by atoms with Crippen molar-refractivity contribution in [2.75, 3.05) is 6.61 Å². The van der Waals surface area contributed by atoms with E-state index in [1.807, 2.05) is 54.6 Å². The van der Waals surface area contributed by atoms with Crippen molar-refractivity contribution in [1.29, 1.82) is 0 Å². The van der Waals surface area contributed by atoms with Crippen molar-refractivity contribution in [2.45, 2.75) is 43.7 Å². The van der Waals surface area contributed by atoms with Gasteiger partial charge in [-0.2, -0.15) is 0 Å². The van der Waals surface area contributed by atoms with E-state index >= 15 is 0 Å². The summed E-state index contributed by atoms with van der Waals surface area (Å²) >= 11 is 0. The zero-order chi connectivity index (χ0) is 17.8. The average molecular weight is 352 g/mol. The Balaban J connectivity index is 1.48. The smallest absolute Gasteiger partial charge is 0.184 e. The third kappa shape index (κ3) is 3.89. The van der Waals surface area contributed by atoms with E-state index in [1.165, 1.54) is 0 Å². The Bertz CT molecular complexity index is 703. The Morgan fingerprint density at radius 2 is 1.73 bits per heavy atom. The summed E-state index contributed by atoms with van der Waals surface area (Å²) in [6.07, 6.45) is 1.77. The molecule has 2 aromatic rings. The number of benzene rings is 2. The number of rotatable bonds is 5. The third-order valence-electron chi connectivity index (χ3n) is 4.88. The molecular formula is C22H24O4. The minimum atomic E-state index is -0.385. The van der Waals surface area contributed by atoms with Gasteiger partial charge in [-0.25, -0.2) is 0 Å². The van der Waals surface area contributed by atoms with E-state index in [1.54, 1.807) is 0 Å². The molecule has 1 unspecified atom stereocenters. The van der Waals surface area contributed by atoms with Gasteiger partial charge in [0.15, 0.2) is 6.29 Å². The van der Waals surface area contributed by atoms with Crippen LogP contribution in [0.15, 0.2) is 73.3 Å². The second-order valence-corrected chi connectivity index (χ2v) is 6.70. The fraction of sp³-hybridized carbons (Fsp3) is 0.364. The van der Waals surface area contributed by atoms with Crippen LogP contribution >= 0.6 is 0 Å². The predicted octanol–water partition coefficient (Wildman–Crippen LogP) is 4.03. The lowest BCUT2D eigenvalue weighted by molar-refractivity contribution is -0.311. The maximum atomic E-state index is 6.26. The summed E-state index contributed by atoms with van der Waals surface area (Å²) in [7, 11) is 0. The first-order valence-electron chi connectivity index (χ1n) is 9.09. The van der Waals surface area contributed by atoms with Crippen LogP contribution in [0.1, 0.15) is 23.8 Å². The second-order valence-electron chi connectivity index (χ2n) is 6.70. The highest BCUT2D eigenvalue weighted by molar-refractivity contribution is 5.17. The van der Waals surface area contributed by atoms with Crippen LogP contribution in [0.5, 0.6) is 0 Å². The molecule has 0 N–H and O–H groups in total. The molecule has 0 aromatic heterocycles. The van der Waals surface area contributed by atoms with Gasteiger partial charge in [-0.05, 0) is 5.56 Å². The van der Waals surface area contributed by atoms with Gasteiger partial charge < -0.3 is 18.9 Å². The first-order chi connectivity index (χ1) is 12.8. The summed E-state index contributed by atoms with van der Waals surface area (Å²) in [5, 5.41) is 0. The zero-order valence-corrected chi connectivity index (χ0v) is 14.7. The lowest BCUT2D eigenvalue weighted by Crippen LogP contribution is -2.55. The fourth-order valence-corrected chi connectivity index (χ4v) is 3.51. The zero-order valence-electron chi connectivity index (χ0n) is 14.7. The van der Waals surface area contributed by atoms with Crippen molar-refractivity contribution >= 4 is 0 Å². The molecule has 0 bridgehead atoms.